The highest BCUT2D eigenvalue weighted by Gasteiger charge is 2.43. The molecule has 4 nitrogen and oxygen atoms in total. The maximum Gasteiger partial charge on any atom is 0.471 e. The van der Waals surface area contributed by atoms with E-state index in [1.807, 2.05) is 0 Å². The van der Waals surface area contributed by atoms with Crippen LogP contribution in [-0.2, 0) is 9.59 Å². The van der Waals surface area contributed by atoms with E-state index in [0.717, 1.165) is 4.90 Å². The highest BCUT2D eigenvalue weighted by atomic mass is 19.4. The van der Waals surface area contributed by atoms with E-state index >= 15 is 0 Å². The van der Waals surface area contributed by atoms with Gasteiger partial charge in [-0.25, -0.2) is 0 Å². The normalized spacial score (nSPS) is 20.1. The summed E-state index contributed by atoms with van der Waals surface area (Å²) < 4.78 is 36.4. The average molecular weight is 253 g/mol. The van der Waals surface area contributed by atoms with Crippen LogP contribution in [-0.4, -0.2) is 41.1 Å². The first kappa shape index (κ1) is 13.8. The predicted octanol–water partition coefficient (Wildman–Crippen LogP) is 1.51. The van der Waals surface area contributed by atoms with Gasteiger partial charge in [-0.15, -0.1) is 0 Å². The summed E-state index contributed by atoms with van der Waals surface area (Å²) in [5.74, 6) is -3.53. The second kappa shape index (κ2) is 4.93. The number of hydrogen-bond acceptors (Lipinski definition) is 2. The Bertz CT molecular complexity index is 308. The Hall–Kier alpha value is -1.27. The molecule has 1 heterocycles. The van der Waals surface area contributed by atoms with Gasteiger partial charge in [-0.3, -0.25) is 9.59 Å². The Morgan fingerprint density at radius 2 is 1.76 bits per heavy atom. The Morgan fingerprint density at radius 3 is 2.12 bits per heavy atom. The fraction of sp³-hybridized carbons (Fsp3) is 0.800. The molecule has 0 aromatic heterocycles. The molecule has 1 unspecified atom stereocenters. The summed E-state index contributed by atoms with van der Waals surface area (Å²) in [5, 5.41) is 8.78. The number of rotatable bonds is 2. The summed E-state index contributed by atoms with van der Waals surface area (Å²) in [4.78, 5) is 22.4. The minimum absolute atomic E-state index is 0.0272. The Kier molecular flexibility index (Phi) is 4.00. The summed E-state index contributed by atoms with van der Waals surface area (Å²) in [6.07, 6.45) is -4.24. The molecule has 7 heteroatoms. The van der Waals surface area contributed by atoms with Crippen molar-refractivity contribution in [1.29, 1.82) is 0 Å². The molecule has 0 saturated carbocycles. The minimum atomic E-state index is -4.84. The van der Waals surface area contributed by atoms with Gasteiger partial charge in [-0.05, 0) is 18.8 Å². The van der Waals surface area contributed by atoms with E-state index in [0.29, 0.717) is 12.8 Å². The van der Waals surface area contributed by atoms with Crippen molar-refractivity contribution in [3.63, 3.8) is 0 Å². The highest BCUT2D eigenvalue weighted by molar-refractivity contribution is 5.82. The molecule has 1 rings (SSSR count). The molecule has 0 aromatic carbocycles. The summed E-state index contributed by atoms with van der Waals surface area (Å²) in [5.41, 5.74) is 0. The zero-order valence-corrected chi connectivity index (χ0v) is 9.33. The molecule has 1 atom stereocenters. The number of nitrogens with zero attached hydrogens (tertiary/aromatic N) is 1. The molecule has 1 aliphatic heterocycles. The third kappa shape index (κ3) is 3.34. The molecule has 1 fully saturated rings. The van der Waals surface area contributed by atoms with Gasteiger partial charge in [0.15, 0.2) is 0 Å². The van der Waals surface area contributed by atoms with Crippen LogP contribution in [0.25, 0.3) is 0 Å². The van der Waals surface area contributed by atoms with E-state index in [4.69, 9.17) is 5.11 Å². The lowest BCUT2D eigenvalue weighted by Gasteiger charge is -2.33. The first-order chi connectivity index (χ1) is 7.73. The fourth-order valence-electron chi connectivity index (χ4n) is 1.98. The minimum Gasteiger partial charge on any atom is -0.481 e. The molecule has 1 aliphatic rings. The van der Waals surface area contributed by atoms with Crippen LogP contribution in [0.15, 0.2) is 0 Å². The smallest absolute Gasteiger partial charge is 0.471 e. The number of hydrogen-bond donors (Lipinski definition) is 1. The first-order valence-electron chi connectivity index (χ1n) is 5.32. The molecule has 0 spiro atoms. The standard InChI is InChI=1S/C10H14F3NO3/c1-6(8(15)16)7-2-4-14(5-3-7)9(17)10(11,12)13/h6-7H,2-5H2,1H3,(H,15,16). The maximum absolute atomic E-state index is 12.1. The molecule has 98 valence electrons. The van der Waals surface area contributed by atoms with Crippen molar-refractivity contribution < 1.29 is 27.9 Å². The number of carboxylic acid groups (broad SMARTS) is 1. The molecule has 0 bridgehead atoms. The monoisotopic (exact) mass is 253 g/mol. The molecular formula is C10H14F3NO3. The molecule has 1 N–H and O–H groups in total. The van der Waals surface area contributed by atoms with Crippen LogP contribution in [0, 0.1) is 11.8 Å². The zero-order chi connectivity index (χ0) is 13.2. The van der Waals surface area contributed by atoms with Crippen LogP contribution in [0.1, 0.15) is 19.8 Å². The summed E-state index contributed by atoms with van der Waals surface area (Å²) in [6.45, 7) is 1.48. The van der Waals surface area contributed by atoms with E-state index in [1.165, 1.54) is 6.92 Å². The Balaban J connectivity index is 2.52. The third-order valence-corrected chi connectivity index (χ3v) is 3.17. The molecule has 17 heavy (non-hydrogen) atoms. The van der Waals surface area contributed by atoms with Crippen LogP contribution in [0.4, 0.5) is 13.2 Å². The Morgan fingerprint density at radius 1 is 1.29 bits per heavy atom. The molecule has 1 saturated heterocycles. The van der Waals surface area contributed by atoms with E-state index in [1.54, 1.807) is 0 Å². The van der Waals surface area contributed by atoms with Gasteiger partial charge < -0.3 is 10.0 Å². The predicted molar refractivity (Wildman–Crippen MR) is 52.2 cm³/mol. The number of carbonyl (C=O) groups excluding carboxylic acids is 1. The van der Waals surface area contributed by atoms with E-state index in [-0.39, 0.29) is 19.0 Å². The average Bonchev–Trinajstić information content (AvgIpc) is 2.26. The first-order valence-corrected chi connectivity index (χ1v) is 5.32. The summed E-state index contributed by atoms with van der Waals surface area (Å²) in [6, 6.07) is 0. The van der Waals surface area contributed by atoms with Gasteiger partial charge in [0, 0.05) is 13.1 Å². The molecule has 1 amide bonds. The van der Waals surface area contributed by atoms with Gasteiger partial charge in [-0.1, -0.05) is 6.92 Å². The SMILES string of the molecule is CC(C(=O)O)C1CCN(C(=O)C(F)(F)F)CC1. The second-order valence-electron chi connectivity index (χ2n) is 4.25. The number of alkyl halides is 3. The molecule has 0 aromatic rings. The topological polar surface area (TPSA) is 57.6 Å². The quantitative estimate of drug-likeness (QED) is 0.811. The van der Waals surface area contributed by atoms with Crippen molar-refractivity contribution >= 4 is 11.9 Å². The summed E-state index contributed by atoms with van der Waals surface area (Å²) >= 11 is 0. The van der Waals surface area contributed by atoms with Crippen LogP contribution in [0.5, 0.6) is 0 Å². The second-order valence-corrected chi connectivity index (χ2v) is 4.25. The van der Waals surface area contributed by atoms with Gasteiger partial charge in [0.25, 0.3) is 0 Å². The van der Waals surface area contributed by atoms with Crippen molar-refractivity contribution in [3.8, 4) is 0 Å². The molecular weight excluding hydrogens is 239 g/mol. The number of halogens is 3. The zero-order valence-electron chi connectivity index (χ0n) is 9.33. The number of carboxylic acids is 1. The molecule has 0 radical (unpaired) electrons. The van der Waals surface area contributed by atoms with Crippen molar-refractivity contribution in [2.24, 2.45) is 11.8 Å². The number of piperidine rings is 1. The van der Waals surface area contributed by atoms with E-state index in [2.05, 4.69) is 0 Å². The lowest BCUT2D eigenvalue weighted by Crippen LogP contribution is -2.46. The van der Waals surface area contributed by atoms with Crippen LogP contribution in [0.3, 0.4) is 0 Å². The van der Waals surface area contributed by atoms with Gasteiger partial charge in [-0.2, -0.15) is 13.2 Å². The van der Waals surface area contributed by atoms with Gasteiger partial charge >= 0.3 is 18.1 Å². The van der Waals surface area contributed by atoms with Gasteiger partial charge in [0.05, 0.1) is 5.92 Å². The number of carbonyl (C=O) groups is 2. The third-order valence-electron chi connectivity index (χ3n) is 3.17. The van der Waals surface area contributed by atoms with E-state index in [9.17, 15) is 22.8 Å². The number of amides is 1. The van der Waals surface area contributed by atoms with Crippen molar-refractivity contribution in [2.75, 3.05) is 13.1 Å². The largest absolute Gasteiger partial charge is 0.481 e. The van der Waals surface area contributed by atoms with Crippen LogP contribution < -0.4 is 0 Å². The molecule has 0 aliphatic carbocycles. The van der Waals surface area contributed by atoms with Gasteiger partial charge in [0.2, 0.25) is 0 Å². The summed E-state index contributed by atoms with van der Waals surface area (Å²) in [7, 11) is 0. The lowest BCUT2D eigenvalue weighted by atomic mass is 9.85. The maximum atomic E-state index is 12.1. The van der Waals surface area contributed by atoms with Crippen LogP contribution in [0.2, 0.25) is 0 Å². The fourth-order valence-corrected chi connectivity index (χ4v) is 1.98. The van der Waals surface area contributed by atoms with Crippen molar-refractivity contribution in [1.82, 2.24) is 4.90 Å². The van der Waals surface area contributed by atoms with Gasteiger partial charge in [0.1, 0.15) is 0 Å². The van der Waals surface area contributed by atoms with E-state index < -0.39 is 24.0 Å². The lowest BCUT2D eigenvalue weighted by molar-refractivity contribution is -0.187. The van der Waals surface area contributed by atoms with Crippen molar-refractivity contribution in [2.45, 2.75) is 25.9 Å². The Labute approximate surface area is 96.4 Å². The number of likely N-dealkylation sites (tertiary alicyclic amines) is 1. The highest BCUT2D eigenvalue weighted by Crippen LogP contribution is 2.27. The van der Waals surface area contributed by atoms with Crippen molar-refractivity contribution in [3.05, 3.63) is 0 Å². The van der Waals surface area contributed by atoms with Crippen LogP contribution >= 0.6 is 0 Å². The number of aliphatic carboxylic acids is 1.